The fourth-order valence-electron chi connectivity index (χ4n) is 2.90. The standard InChI is InChI=1S/C16H23NO2/c1-11-5-4-6-17(9-11)10-14-7-12(2)16(19)15(8-14)13(3)18/h7-8,11,19H,4-6,9-10H2,1-3H3/t11-/m0/s1. The second-order valence-corrected chi connectivity index (χ2v) is 5.85. The lowest BCUT2D eigenvalue weighted by atomic mass is 9.98. The van der Waals surface area contributed by atoms with Gasteiger partial charge in [-0.3, -0.25) is 9.69 Å². The molecule has 0 bridgehead atoms. The Balaban J connectivity index is 2.18. The molecule has 1 aliphatic heterocycles. The number of rotatable bonds is 3. The van der Waals surface area contributed by atoms with E-state index in [2.05, 4.69) is 11.8 Å². The summed E-state index contributed by atoms with van der Waals surface area (Å²) >= 11 is 0. The maximum atomic E-state index is 11.5. The van der Waals surface area contributed by atoms with Crippen molar-refractivity contribution in [3.05, 3.63) is 28.8 Å². The van der Waals surface area contributed by atoms with E-state index >= 15 is 0 Å². The lowest BCUT2D eigenvalue weighted by Crippen LogP contribution is -2.33. The van der Waals surface area contributed by atoms with Crippen LogP contribution < -0.4 is 0 Å². The van der Waals surface area contributed by atoms with Gasteiger partial charge in [-0.2, -0.15) is 0 Å². The predicted octanol–water partition coefficient (Wildman–Crippen LogP) is 3.14. The van der Waals surface area contributed by atoms with Crippen LogP contribution in [0.1, 0.15) is 48.2 Å². The Bertz CT molecular complexity index is 482. The van der Waals surface area contributed by atoms with Crippen molar-refractivity contribution in [2.75, 3.05) is 13.1 Å². The molecule has 0 aliphatic carbocycles. The number of nitrogens with zero attached hydrogens (tertiary/aromatic N) is 1. The van der Waals surface area contributed by atoms with Gasteiger partial charge < -0.3 is 5.11 Å². The maximum Gasteiger partial charge on any atom is 0.163 e. The van der Waals surface area contributed by atoms with Crippen LogP contribution in [0.5, 0.6) is 5.75 Å². The SMILES string of the molecule is CC(=O)c1cc(CN2CCC[C@H](C)C2)cc(C)c1O. The third-order valence-electron chi connectivity index (χ3n) is 3.89. The van der Waals surface area contributed by atoms with Crippen LogP contribution in [0.25, 0.3) is 0 Å². The molecule has 0 saturated carbocycles. The van der Waals surface area contributed by atoms with Crippen LogP contribution in [0, 0.1) is 12.8 Å². The quantitative estimate of drug-likeness (QED) is 0.850. The van der Waals surface area contributed by atoms with Gasteiger partial charge in [0.1, 0.15) is 5.75 Å². The minimum atomic E-state index is -0.0746. The number of hydrogen-bond donors (Lipinski definition) is 1. The Morgan fingerprint density at radius 2 is 2.21 bits per heavy atom. The van der Waals surface area contributed by atoms with Crippen molar-refractivity contribution in [1.29, 1.82) is 0 Å². The van der Waals surface area contributed by atoms with Crippen molar-refractivity contribution in [3.63, 3.8) is 0 Å². The van der Waals surface area contributed by atoms with Gasteiger partial charge in [0, 0.05) is 13.1 Å². The molecule has 0 radical (unpaired) electrons. The molecule has 0 aromatic heterocycles. The van der Waals surface area contributed by atoms with Crippen molar-refractivity contribution in [2.45, 2.75) is 40.2 Å². The first-order valence-corrected chi connectivity index (χ1v) is 7.03. The summed E-state index contributed by atoms with van der Waals surface area (Å²) < 4.78 is 0. The average Bonchev–Trinajstić information content (AvgIpc) is 2.33. The van der Waals surface area contributed by atoms with Gasteiger partial charge in [-0.1, -0.05) is 13.0 Å². The maximum absolute atomic E-state index is 11.5. The van der Waals surface area contributed by atoms with Crippen molar-refractivity contribution < 1.29 is 9.90 Å². The minimum absolute atomic E-state index is 0.0746. The first kappa shape index (κ1) is 14.1. The van der Waals surface area contributed by atoms with E-state index in [9.17, 15) is 9.90 Å². The molecule has 0 spiro atoms. The van der Waals surface area contributed by atoms with Gasteiger partial charge >= 0.3 is 0 Å². The van der Waals surface area contributed by atoms with Gasteiger partial charge in [-0.05, 0) is 56.3 Å². The number of ketones is 1. The van der Waals surface area contributed by atoms with Gasteiger partial charge in [-0.15, -0.1) is 0 Å². The zero-order chi connectivity index (χ0) is 14.0. The molecule has 1 saturated heterocycles. The number of carbonyl (C=O) groups is 1. The molecule has 3 nitrogen and oxygen atoms in total. The predicted molar refractivity (Wildman–Crippen MR) is 76.5 cm³/mol. The van der Waals surface area contributed by atoms with E-state index in [1.807, 2.05) is 19.1 Å². The van der Waals surface area contributed by atoms with Gasteiger partial charge in [0.25, 0.3) is 0 Å². The number of Topliss-reactive ketones (excluding diaryl/α,β-unsaturated/α-hetero) is 1. The Hall–Kier alpha value is -1.35. The lowest BCUT2D eigenvalue weighted by molar-refractivity contribution is 0.101. The Morgan fingerprint density at radius 1 is 1.47 bits per heavy atom. The van der Waals surface area contributed by atoms with E-state index < -0.39 is 0 Å². The molecule has 0 unspecified atom stereocenters. The third-order valence-corrected chi connectivity index (χ3v) is 3.89. The largest absolute Gasteiger partial charge is 0.507 e. The highest BCUT2D eigenvalue weighted by molar-refractivity contribution is 5.97. The second-order valence-electron chi connectivity index (χ2n) is 5.85. The van der Waals surface area contributed by atoms with Crippen molar-refractivity contribution >= 4 is 5.78 Å². The number of phenolic OH excluding ortho intramolecular Hbond substituents is 1. The first-order valence-electron chi connectivity index (χ1n) is 7.03. The normalized spacial score (nSPS) is 20.5. The average molecular weight is 261 g/mol. The van der Waals surface area contributed by atoms with Crippen LogP contribution in [0.4, 0.5) is 0 Å². The van der Waals surface area contributed by atoms with Crippen LogP contribution in [0.2, 0.25) is 0 Å². The number of aromatic hydroxyl groups is 1. The third kappa shape index (κ3) is 3.35. The van der Waals surface area contributed by atoms with Crippen molar-refractivity contribution in [1.82, 2.24) is 4.90 Å². The number of piperidine rings is 1. The van der Waals surface area contributed by atoms with Gasteiger partial charge in [0.05, 0.1) is 5.56 Å². The summed E-state index contributed by atoms with van der Waals surface area (Å²) in [6.07, 6.45) is 2.56. The summed E-state index contributed by atoms with van der Waals surface area (Å²) in [4.78, 5) is 14.0. The smallest absolute Gasteiger partial charge is 0.163 e. The van der Waals surface area contributed by atoms with Crippen molar-refractivity contribution in [2.24, 2.45) is 5.92 Å². The number of aryl methyl sites for hydroxylation is 1. The molecule has 3 heteroatoms. The minimum Gasteiger partial charge on any atom is -0.507 e. The zero-order valence-corrected chi connectivity index (χ0v) is 12.1. The van der Waals surface area contributed by atoms with Gasteiger partial charge in [-0.25, -0.2) is 0 Å². The van der Waals surface area contributed by atoms with E-state index in [-0.39, 0.29) is 11.5 Å². The summed E-state index contributed by atoms with van der Waals surface area (Å²) in [7, 11) is 0. The van der Waals surface area contributed by atoms with Gasteiger partial charge in [0.15, 0.2) is 5.78 Å². The number of hydrogen-bond acceptors (Lipinski definition) is 3. The fraction of sp³-hybridized carbons (Fsp3) is 0.562. The highest BCUT2D eigenvalue weighted by Gasteiger charge is 2.18. The molecule has 1 aromatic carbocycles. The number of likely N-dealkylation sites (tertiary alicyclic amines) is 1. The van der Waals surface area contributed by atoms with E-state index in [1.165, 1.54) is 19.8 Å². The molecule has 1 fully saturated rings. The van der Waals surface area contributed by atoms with E-state index in [0.29, 0.717) is 5.56 Å². The number of carbonyl (C=O) groups excluding carboxylic acids is 1. The molecule has 1 aromatic rings. The van der Waals surface area contributed by atoms with E-state index in [4.69, 9.17) is 0 Å². The summed E-state index contributed by atoms with van der Waals surface area (Å²) in [5, 5.41) is 9.91. The Morgan fingerprint density at radius 3 is 2.84 bits per heavy atom. The summed E-state index contributed by atoms with van der Waals surface area (Å²) in [6, 6.07) is 3.82. The van der Waals surface area contributed by atoms with E-state index in [0.717, 1.165) is 36.7 Å². The molecule has 1 N–H and O–H groups in total. The number of phenols is 1. The fourth-order valence-corrected chi connectivity index (χ4v) is 2.90. The van der Waals surface area contributed by atoms with Crippen LogP contribution in [-0.4, -0.2) is 28.9 Å². The van der Waals surface area contributed by atoms with Gasteiger partial charge in [0.2, 0.25) is 0 Å². The first-order chi connectivity index (χ1) is 8.97. The van der Waals surface area contributed by atoms with E-state index in [1.54, 1.807) is 0 Å². The highest BCUT2D eigenvalue weighted by Crippen LogP contribution is 2.26. The number of benzene rings is 1. The molecular formula is C16H23NO2. The summed E-state index contributed by atoms with van der Waals surface area (Å²) in [6.45, 7) is 8.75. The molecule has 104 valence electrons. The Kier molecular flexibility index (Phi) is 4.25. The molecular weight excluding hydrogens is 238 g/mol. The molecule has 1 atom stereocenters. The van der Waals surface area contributed by atoms with Crippen LogP contribution in [0.3, 0.4) is 0 Å². The lowest BCUT2D eigenvalue weighted by Gasteiger charge is -2.31. The molecule has 2 rings (SSSR count). The Labute approximate surface area is 115 Å². The van der Waals surface area contributed by atoms with Crippen molar-refractivity contribution in [3.8, 4) is 5.75 Å². The second kappa shape index (κ2) is 5.74. The molecule has 0 amide bonds. The topological polar surface area (TPSA) is 40.5 Å². The molecule has 1 aliphatic rings. The summed E-state index contributed by atoms with van der Waals surface area (Å²) in [5.74, 6) is 0.803. The van der Waals surface area contributed by atoms with Crippen LogP contribution in [0.15, 0.2) is 12.1 Å². The van der Waals surface area contributed by atoms with Crippen LogP contribution >= 0.6 is 0 Å². The monoisotopic (exact) mass is 261 g/mol. The molecule has 19 heavy (non-hydrogen) atoms. The molecule has 1 heterocycles. The zero-order valence-electron chi connectivity index (χ0n) is 12.1. The highest BCUT2D eigenvalue weighted by atomic mass is 16.3. The van der Waals surface area contributed by atoms with Crippen LogP contribution in [-0.2, 0) is 6.54 Å². The summed E-state index contributed by atoms with van der Waals surface area (Å²) in [5.41, 5.74) is 2.35.